The average Bonchev–Trinajstić information content (AvgIpc) is 3.01. The first-order valence-corrected chi connectivity index (χ1v) is 7.91. The Morgan fingerprint density at radius 1 is 1.15 bits per heavy atom. The molecule has 0 aliphatic rings. The van der Waals surface area contributed by atoms with Crippen molar-refractivity contribution in [2.24, 2.45) is 0 Å². The number of amides is 2. The molecule has 27 heavy (non-hydrogen) atoms. The van der Waals surface area contributed by atoms with E-state index in [4.69, 9.17) is 10.8 Å². The Kier molecular flexibility index (Phi) is 5.02. The van der Waals surface area contributed by atoms with Crippen molar-refractivity contribution in [3.63, 3.8) is 0 Å². The topological polar surface area (TPSA) is 122 Å². The standard InChI is InChI=1S/C18H16FN5O3/c19-13-3-1-2-4-15(13)24-10-14(20)16(23-24)22-17(25)12-7-5-11(6-8-12)9-21-18(26)27/h1-8,10,21H,9,20H2,(H,26,27)(H,22,23,25). The van der Waals surface area contributed by atoms with Crippen molar-refractivity contribution in [2.75, 3.05) is 11.1 Å². The van der Waals surface area contributed by atoms with Gasteiger partial charge in [0, 0.05) is 12.1 Å². The number of nitrogen functional groups attached to an aromatic ring is 1. The van der Waals surface area contributed by atoms with E-state index in [-0.39, 0.29) is 23.7 Å². The average molecular weight is 369 g/mol. The fraction of sp³-hybridized carbons (Fsp3) is 0.0556. The van der Waals surface area contributed by atoms with E-state index >= 15 is 0 Å². The highest BCUT2D eigenvalue weighted by Gasteiger charge is 2.14. The number of nitrogens with zero attached hydrogens (tertiary/aromatic N) is 2. The molecule has 0 unspecified atom stereocenters. The Morgan fingerprint density at radius 3 is 2.52 bits per heavy atom. The summed E-state index contributed by atoms with van der Waals surface area (Å²) in [5.74, 6) is -0.804. The number of hydrogen-bond donors (Lipinski definition) is 4. The molecule has 0 aliphatic carbocycles. The number of halogens is 1. The summed E-state index contributed by atoms with van der Waals surface area (Å²) in [4.78, 5) is 22.8. The fourth-order valence-electron chi connectivity index (χ4n) is 2.38. The number of hydrogen-bond acceptors (Lipinski definition) is 4. The lowest BCUT2D eigenvalue weighted by Gasteiger charge is -2.05. The van der Waals surface area contributed by atoms with Gasteiger partial charge in [0.2, 0.25) is 0 Å². The zero-order chi connectivity index (χ0) is 19.4. The van der Waals surface area contributed by atoms with Crippen LogP contribution in [0.15, 0.2) is 54.7 Å². The molecule has 1 heterocycles. The van der Waals surface area contributed by atoms with E-state index in [1.54, 1.807) is 36.4 Å². The normalized spacial score (nSPS) is 10.4. The number of anilines is 2. The smallest absolute Gasteiger partial charge is 0.404 e. The molecular formula is C18H16FN5O3. The molecule has 0 saturated carbocycles. The van der Waals surface area contributed by atoms with Gasteiger partial charge in [-0.15, -0.1) is 5.10 Å². The van der Waals surface area contributed by atoms with Crippen LogP contribution < -0.4 is 16.4 Å². The minimum atomic E-state index is -1.13. The molecule has 0 aliphatic heterocycles. The van der Waals surface area contributed by atoms with Crippen molar-refractivity contribution in [3.8, 4) is 5.69 Å². The van der Waals surface area contributed by atoms with E-state index in [1.165, 1.54) is 23.0 Å². The zero-order valence-electron chi connectivity index (χ0n) is 14.0. The summed E-state index contributed by atoms with van der Waals surface area (Å²) in [6.07, 6.45) is 0.284. The number of nitrogens with one attached hydrogen (secondary N) is 2. The Morgan fingerprint density at radius 2 is 1.85 bits per heavy atom. The molecule has 0 radical (unpaired) electrons. The molecule has 3 aromatic rings. The van der Waals surface area contributed by atoms with Crippen molar-refractivity contribution in [2.45, 2.75) is 6.54 Å². The molecule has 0 bridgehead atoms. The second-order valence-corrected chi connectivity index (χ2v) is 5.64. The maximum atomic E-state index is 13.9. The highest BCUT2D eigenvalue weighted by Crippen LogP contribution is 2.21. The summed E-state index contributed by atoms with van der Waals surface area (Å²) in [6, 6.07) is 12.4. The molecule has 2 amide bonds. The summed E-state index contributed by atoms with van der Waals surface area (Å²) < 4.78 is 15.1. The second-order valence-electron chi connectivity index (χ2n) is 5.64. The van der Waals surface area contributed by atoms with Crippen LogP contribution in [0.3, 0.4) is 0 Å². The number of carbonyl (C=O) groups is 2. The third kappa shape index (κ3) is 4.21. The largest absolute Gasteiger partial charge is 0.465 e. The second kappa shape index (κ2) is 7.56. The predicted molar refractivity (Wildman–Crippen MR) is 97.2 cm³/mol. The van der Waals surface area contributed by atoms with Crippen LogP contribution in [0, 0.1) is 5.82 Å². The van der Waals surface area contributed by atoms with Crippen molar-refractivity contribution in [1.82, 2.24) is 15.1 Å². The van der Waals surface area contributed by atoms with Crippen LogP contribution in [-0.4, -0.2) is 26.9 Å². The van der Waals surface area contributed by atoms with Gasteiger partial charge in [0.05, 0.1) is 11.9 Å². The third-order valence-electron chi connectivity index (χ3n) is 3.73. The molecule has 5 N–H and O–H groups in total. The molecule has 3 rings (SSSR count). The first-order valence-electron chi connectivity index (χ1n) is 7.91. The Hall–Kier alpha value is -3.88. The molecule has 2 aromatic carbocycles. The zero-order valence-corrected chi connectivity index (χ0v) is 14.0. The lowest BCUT2D eigenvalue weighted by Crippen LogP contribution is -2.20. The number of aromatic nitrogens is 2. The van der Waals surface area contributed by atoms with E-state index in [2.05, 4.69) is 15.7 Å². The molecule has 8 nitrogen and oxygen atoms in total. The Labute approximate surface area is 153 Å². The van der Waals surface area contributed by atoms with Crippen molar-refractivity contribution in [1.29, 1.82) is 0 Å². The first kappa shape index (κ1) is 17.9. The van der Waals surface area contributed by atoms with Gasteiger partial charge in [0.1, 0.15) is 11.5 Å². The quantitative estimate of drug-likeness (QED) is 0.551. The Balaban J connectivity index is 1.73. The number of benzene rings is 2. The molecule has 0 atom stereocenters. The van der Waals surface area contributed by atoms with E-state index in [0.717, 1.165) is 0 Å². The van der Waals surface area contributed by atoms with Crippen LogP contribution in [0.25, 0.3) is 5.69 Å². The summed E-state index contributed by atoms with van der Waals surface area (Å²) in [5, 5.41) is 17.5. The van der Waals surface area contributed by atoms with Gasteiger partial charge in [-0.3, -0.25) is 4.79 Å². The highest BCUT2D eigenvalue weighted by atomic mass is 19.1. The molecular weight excluding hydrogens is 353 g/mol. The van der Waals surface area contributed by atoms with Crippen LogP contribution in [-0.2, 0) is 6.54 Å². The maximum Gasteiger partial charge on any atom is 0.404 e. The summed E-state index contributed by atoms with van der Waals surface area (Å²) in [7, 11) is 0. The molecule has 0 spiro atoms. The van der Waals surface area contributed by atoms with E-state index in [1.807, 2.05) is 0 Å². The van der Waals surface area contributed by atoms with Crippen LogP contribution in [0.1, 0.15) is 15.9 Å². The summed E-state index contributed by atoms with van der Waals surface area (Å²) >= 11 is 0. The van der Waals surface area contributed by atoms with Crippen molar-refractivity contribution in [3.05, 3.63) is 71.7 Å². The third-order valence-corrected chi connectivity index (χ3v) is 3.73. The van der Waals surface area contributed by atoms with Gasteiger partial charge in [-0.2, -0.15) is 0 Å². The fourth-order valence-corrected chi connectivity index (χ4v) is 2.38. The summed E-state index contributed by atoms with van der Waals surface area (Å²) in [5.41, 5.74) is 7.31. The van der Waals surface area contributed by atoms with Crippen molar-refractivity contribution >= 4 is 23.5 Å². The number of nitrogens with two attached hydrogens (primary N) is 1. The first-order chi connectivity index (χ1) is 12.9. The lowest BCUT2D eigenvalue weighted by molar-refractivity contribution is 0.102. The van der Waals surface area contributed by atoms with Gasteiger partial charge in [-0.1, -0.05) is 24.3 Å². The summed E-state index contributed by atoms with van der Waals surface area (Å²) in [6.45, 7) is 0.136. The van der Waals surface area contributed by atoms with Gasteiger partial charge in [-0.05, 0) is 29.8 Å². The van der Waals surface area contributed by atoms with Gasteiger partial charge >= 0.3 is 6.09 Å². The number of carbonyl (C=O) groups excluding carboxylic acids is 1. The van der Waals surface area contributed by atoms with Gasteiger partial charge in [-0.25, -0.2) is 13.9 Å². The number of carboxylic acid groups (broad SMARTS) is 1. The Bertz CT molecular complexity index is 985. The van der Waals surface area contributed by atoms with Crippen LogP contribution in [0.2, 0.25) is 0 Å². The predicted octanol–water partition coefficient (Wildman–Crippen LogP) is 2.61. The minimum Gasteiger partial charge on any atom is -0.465 e. The van der Waals surface area contributed by atoms with E-state index < -0.39 is 17.8 Å². The van der Waals surface area contributed by atoms with Crippen LogP contribution >= 0.6 is 0 Å². The SMILES string of the molecule is Nc1cn(-c2ccccc2F)nc1NC(=O)c1ccc(CNC(=O)O)cc1. The van der Waals surface area contributed by atoms with Gasteiger partial charge in [0.15, 0.2) is 5.82 Å². The van der Waals surface area contributed by atoms with Crippen molar-refractivity contribution < 1.29 is 19.1 Å². The molecule has 9 heteroatoms. The van der Waals surface area contributed by atoms with Gasteiger partial charge in [0.25, 0.3) is 5.91 Å². The number of para-hydroxylation sites is 1. The lowest BCUT2D eigenvalue weighted by atomic mass is 10.1. The molecule has 0 saturated heterocycles. The number of rotatable bonds is 5. The monoisotopic (exact) mass is 369 g/mol. The highest BCUT2D eigenvalue weighted by molar-refractivity contribution is 6.05. The molecule has 0 fully saturated rings. The minimum absolute atomic E-state index is 0.111. The van der Waals surface area contributed by atoms with Crippen LogP contribution in [0.4, 0.5) is 20.7 Å². The van der Waals surface area contributed by atoms with E-state index in [0.29, 0.717) is 11.1 Å². The molecule has 138 valence electrons. The molecule has 1 aromatic heterocycles. The van der Waals surface area contributed by atoms with Crippen LogP contribution in [0.5, 0.6) is 0 Å². The maximum absolute atomic E-state index is 13.9. The van der Waals surface area contributed by atoms with Gasteiger partial charge < -0.3 is 21.5 Å². The van der Waals surface area contributed by atoms with E-state index in [9.17, 15) is 14.0 Å².